The number of amides is 2. The van der Waals surface area contributed by atoms with Crippen molar-refractivity contribution >= 4 is 46.9 Å². The topological polar surface area (TPSA) is 105 Å². The molecule has 0 aliphatic carbocycles. The number of nitrogens with zero attached hydrogens (tertiary/aromatic N) is 1. The summed E-state index contributed by atoms with van der Waals surface area (Å²) in [5, 5.41) is 11.6. The minimum absolute atomic E-state index is 0.0224. The van der Waals surface area contributed by atoms with E-state index in [2.05, 4.69) is 5.32 Å². The lowest BCUT2D eigenvalue weighted by atomic mass is 10.1. The Balaban J connectivity index is 1.57. The van der Waals surface area contributed by atoms with Crippen LogP contribution in [0.5, 0.6) is 11.5 Å². The maximum absolute atomic E-state index is 13.3. The van der Waals surface area contributed by atoms with E-state index in [1.807, 2.05) is 19.1 Å². The number of aryl methyl sites for hydroxylation is 1. The number of anilines is 1. The van der Waals surface area contributed by atoms with E-state index in [9.17, 15) is 14.4 Å². The molecule has 0 aromatic heterocycles. The third-order valence-electron chi connectivity index (χ3n) is 5.55. The summed E-state index contributed by atoms with van der Waals surface area (Å²) in [6, 6.07) is 18.6. The van der Waals surface area contributed by atoms with Crippen LogP contribution in [0.15, 0.2) is 72.3 Å². The number of hydrogen-bond acceptors (Lipinski definition) is 6. The molecule has 0 unspecified atom stereocenters. The average molecular weight is 503 g/mol. The highest BCUT2D eigenvalue weighted by Crippen LogP contribution is 2.31. The van der Waals surface area contributed by atoms with Crippen molar-refractivity contribution in [3.05, 3.63) is 94.6 Å². The quantitative estimate of drug-likeness (QED) is 0.285. The summed E-state index contributed by atoms with van der Waals surface area (Å²) < 4.78 is 11.3. The zero-order valence-electron chi connectivity index (χ0n) is 19.5. The first-order chi connectivity index (χ1) is 17.3. The Hall–Kier alpha value is -4.50. The van der Waals surface area contributed by atoms with Gasteiger partial charge in [0.05, 0.1) is 18.4 Å². The molecule has 2 N–H and O–H groups in total. The van der Waals surface area contributed by atoms with Gasteiger partial charge in [0.25, 0.3) is 11.8 Å². The third-order valence-corrected chi connectivity index (χ3v) is 5.84. The number of carboxylic acids is 1. The van der Waals surface area contributed by atoms with Gasteiger partial charge in [-0.25, -0.2) is 4.79 Å². The molecule has 4 rings (SSSR count). The molecule has 0 spiro atoms. The number of rotatable bonds is 7. The summed E-state index contributed by atoms with van der Waals surface area (Å²) >= 11 is 5.27. The largest absolute Gasteiger partial charge is 0.493 e. The molecule has 1 heterocycles. The van der Waals surface area contributed by atoms with Crippen LogP contribution in [0.25, 0.3) is 6.08 Å². The Bertz CT molecular complexity index is 1400. The average Bonchev–Trinajstić information content (AvgIpc) is 2.86. The van der Waals surface area contributed by atoms with Crippen molar-refractivity contribution in [2.24, 2.45) is 0 Å². The molecule has 36 heavy (non-hydrogen) atoms. The summed E-state index contributed by atoms with van der Waals surface area (Å²) in [4.78, 5) is 38.2. The van der Waals surface area contributed by atoms with Gasteiger partial charge in [0, 0.05) is 0 Å². The number of carbonyl (C=O) groups is 3. The van der Waals surface area contributed by atoms with Crippen molar-refractivity contribution in [1.29, 1.82) is 0 Å². The van der Waals surface area contributed by atoms with Crippen LogP contribution in [0.2, 0.25) is 0 Å². The van der Waals surface area contributed by atoms with Gasteiger partial charge in [-0.2, -0.15) is 0 Å². The Kier molecular flexibility index (Phi) is 7.12. The van der Waals surface area contributed by atoms with E-state index in [-0.39, 0.29) is 22.9 Å². The van der Waals surface area contributed by atoms with Crippen LogP contribution in [0.3, 0.4) is 0 Å². The molecule has 9 heteroatoms. The molecule has 1 saturated heterocycles. The van der Waals surface area contributed by atoms with Gasteiger partial charge in [0.1, 0.15) is 12.2 Å². The minimum Gasteiger partial charge on any atom is -0.493 e. The van der Waals surface area contributed by atoms with E-state index in [0.717, 1.165) is 11.1 Å². The Morgan fingerprint density at radius 3 is 2.44 bits per heavy atom. The summed E-state index contributed by atoms with van der Waals surface area (Å²) in [6.07, 6.45) is 1.47. The predicted molar refractivity (Wildman–Crippen MR) is 138 cm³/mol. The SMILES string of the molecule is COc1cc(/C=C2/C(=O)NC(=S)N(c3ccccc3C)C2=O)ccc1OCc1ccc(C(=O)O)cc1. The van der Waals surface area contributed by atoms with Crippen LogP contribution >= 0.6 is 12.2 Å². The van der Waals surface area contributed by atoms with Crippen LogP contribution in [0.4, 0.5) is 5.69 Å². The molecule has 182 valence electrons. The lowest BCUT2D eigenvalue weighted by molar-refractivity contribution is -0.122. The molecular weight excluding hydrogens is 480 g/mol. The second-order valence-electron chi connectivity index (χ2n) is 7.95. The van der Waals surface area contributed by atoms with Crippen molar-refractivity contribution in [3.63, 3.8) is 0 Å². The standard InChI is InChI=1S/C27H22N2O6S/c1-16-5-3-4-6-21(16)29-25(31)20(24(30)28-27(29)36)13-18-9-12-22(23(14-18)34-2)35-15-17-7-10-19(11-8-17)26(32)33/h3-14H,15H2,1-2H3,(H,32,33)(H,28,30,36)/b20-13-. The molecule has 0 atom stereocenters. The molecular formula is C27H22N2O6S. The lowest BCUT2D eigenvalue weighted by Gasteiger charge is -2.30. The van der Waals surface area contributed by atoms with Crippen molar-refractivity contribution < 1.29 is 29.0 Å². The first-order valence-electron chi connectivity index (χ1n) is 10.9. The van der Waals surface area contributed by atoms with Gasteiger partial charge in [-0.1, -0.05) is 36.4 Å². The van der Waals surface area contributed by atoms with Crippen molar-refractivity contribution in [3.8, 4) is 11.5 Å². The van der Waals surface area contributed by atoms with E-state index in [0.29, 0.717) is 22.7 Å². The molecule has 3 aromatic carbocycles. The number of nitrogens with one attached hydrogen (secondary N) is 1. The van der Waals surface area contributed by atoms with Gasteiger partial charge < -0.3 is 14.6 Å². The zero-order valence-corrected chi connectivity index (χ0v) is 20.3. The van der Waals surface area contributed by atoms with E-state index in [1.54, 1.807) is 42.5 Å². The smallest absolute Gasteiger partial charge is 0.335 e. The number of carboxylic acid groups (broad SMARTS) is 1. The number of para-hydroxylation sites is 1. The van der Waals surface area contributed by atoms with Gasteiger partial charge in [-0.15, -0.1) is 0 Å². The van der Waals surface area contributed by atoms with E-state index < -0.39 is 17.8 Å². The molecule has 0 saturated carbocycles. The molecule has 1 fully saturated rings. The number of ether oxygens (including phenoxy) is 2. The van der Waals surface area contributed by atoms with Gasteiger partial charge in [-0.3, -0.25) is 19.8 Å². The predicted octanol–water partition coefficient (Wildman–Crippen LogP) is 4.11. The van der Waals surface area contributed by atoms with E-state index >= 15 is 0 Å². The van der Waals surface area contributed by atoms with Crippen molar-refractivity contribution in [2.45, 2.75) is 13.5 Å². The highest BCUT2D eigenvalue weighted by atomic mass is 32.1. The summed E-state index contributed by atoms with van der Waals surface area (Å²) in [5.74, 6) is -1.26. The van der Waals surface area contributed by atoms with Crippen LogP contribution in [-0.2, 0) is 16.2 Å². The highest BCUT2D eigenvalue weighted by molar-refractivity contribution is 7.80. The van der Waals surface area contributed by atoms with E-state index in [4.69, 9.17) is 26.8 Å². The third kappa shape index (κ3) is 5.11. The monoisotopic (exact) mass is 502 g/mol. The number of benzene rings is 3. The van der Waals surface area contributed by atoms with Gasteiger partial charge >= 0.3 is 5.97 Å². The fourth-order valence-electron chi connectivity index (χ4n) is 3.66. The summed E-state index contributed by atoms with van der Waals surface area (Å²) in [6.45, 7) is 2.05. The molecule has 1 aliphatic heterocycles. The zero-order chi connectivity index (χ0) is 25.8. The summed E-state index contributed by atoms with van der Waals surface area (Å²) in [7, 11) is 1.48. The number of aromatic carboxylic acids is 1. The molecule has 8 nitrogen and oxygen atoms in total. The molecule has 3 aromatic rings. The van der Waals surface area contributed by atoms with Crippen LogP contribution < -0.4 is 19.7 Å². The fourth-order valence-corrected chi connectivity index (χ4v) is 3.93. The number of methoxy groups -OCH3 is 1. The maximum atomic E-state index is 13.3. The minimum atomic E-state index is -0.997. The highest BCUT2D eigenvalue weighted by Gasteiger charge is 2.35. The Morgan fingerprint density at radius 1 is 1.06 bits per heavy atom. The second-order valence-corrected chi connectivity index (χ2v) is 8.33. The molecule has 0 radical (unpaired) electrons. The summed E-state index contributed by atoms with van der Waals surface area (Å²) in [5.41, 5.74) is 2.89. The normalized spacial score (nSPS) is 14.6. The Labute approximate surface area is 212 Å². The van der Waals surface area contributed by atoms with E-state index in [1.165, 1.54) is 30.2 Å². The molecule has 1 aliphatic rings. The van der Waals surface area contributed by atoms with Crippen LogP contribution in [-0.4, -0.2) is 35.1 Å². The molecule has 0 bridgehead atoms. The Morgan fingerprint density at radius 2 is 1.78 bits per heavy atom. The number of thiocarbonyl (C=S) groups is 1. The van der Waals surface area contributed by atoms with Crippen LogP contribution in [0.1, 0.15) is 27.0 Å². The van der Waals surface area contributed by atoms with Crippen LogP contribution in [0, 0.1) is 6.92 Å². The van der Waals surface area contributed by atoms with Gasteiger partial charge in [-0.05, 0) is 72.2 Å². The number of hydrogen-bond donors (Lipinski definition) is 2. The first-order valence-corrected chi connectivity index (χ1v) is 11.3. The lowest BCUT2D eigenvalue weighted by Crippen LogP contribution is -2.54. The van der Waals surface area contributed by atoms with Crippen molar-refractivity contribution in [1.82, 2.24) is 5.32 Å². The van der Waals surface area contributed by atoms with Crippen molar-refractivity contribution in [2.75, 3.05) is 12.0 Å². The maximum Gasteiger partial charge on any atom is 0.335 e. The fraction of sp³-hybridized carbons (Fsp3) is 0.111. The number of carbonyl (C=O) groups excluding carboxylic acids is 2. The first kappa shape index (κ1) is 24.6. The van der Waals surface area contributed by atoms with Gasteiger partial charge in [0.2, 0.25) is 0 Å². The van der Waals surface area contributed by atoms with Gasteiger partial charge in [0.15, 0.2) is 16.6 Å². The molecule has 2 amide bonds. The second kappa shape index (κ2) is 10.4.